The van der Waals surface area contributed by atoms with Gasteiger partial charge in [-0.1, -0.05) is 41.6 Å². The lowest BCUT2D eigenvalue weighted by Gasteiger charge is -2.10. The molecule has 8 nitrogen and oxygen atoms in total. The zero-order valence-electron chi connectivity index (χ0n) is 14.6. The molecular formula is C18H16N4O4S. The Morgan fingerprint density at radius 2 is 1.89 bits per heavy atom. The molecule has 1 atom stereocenters. The number of nitrogens with one attached hydrogen (secondary N) is 1. The van der Waals surface area contributed by atoms with E-state index in [0.717, 1.165) is 22.9 Å². The third-order valence-electron chi connectivity index (χ3n) is 3.71. The third-order valence-corrected chi connectivity index (χ3v) is 4.64. The molecule has 1 heterocycles. The smallest absolute Gasteiger partial charge is 0.292 e. The quantitative estimate of drug-likeness (QED) is 0.387. The fourth-order valence-electron chi connectivity index (χ4n) is 2.25. The minimum atomic E-state index is -0.587. The molecule has 3 aromatic rings. The summed E-state index contributed by atoms with van der Waals surface area (Å²) in [5.41, 5.74) is 1.89. The summed E-state index contributed by atoms with van der Waals surface area (Å²) in [6.45, 7) is 3.64. The van der Waals surface area contributed by atoms with Crippen molar-refractivity contribution < 1.29 is 14.1 Å². The number of thioether (sulfide) groups is 1. The van der Waals surface area contributed by atoms with Gasteiger partial charge in [0, 0.05) is 11.6 Å². The molecular weight excluding hydrogens is 368 g/mol. The van der Waals surface area contributed by atoms with E-state index in [-0.39, 0.29) is 16.6 Å². The highest BCUT2D eigenvalue weighted by atomic mass is 32.2. The number of rotatable bonds is 6. The number of nitrogens with zero attached hydrogens (tertiary/aromatic N) is 3. The predicted octanol–water partition coefficient (Wildman–Crippen LogP) is 4.07. The monoisotopic (exact) mass is 384 g/mol. The summed E-state index contributed by atoms with van der Waals surface area (Å²) in [6.07, 6.45) is 0. The van der Waals surface area contributed by atoms with Gasteiger partial charge in [0.05, 0.1) is 10.2 Å². The highest BCUT2D eigenvalue weighted by Crippen LogP contribution is 2.28. The van der Waals surface area contributed by atoms with Crippen LogP contribution >= 0.6 is 11.8 Å². The molecule has 0 spiro atoms. The molecule has 0 aliphatic carbocycles. The van der Waals surface area contributed by atoms with Crippen LogP contribution in [0.5, 0.6) is 0 Å². The first-order valence-electron chi connectivity index (χ1n) is 8.05. The molecule has 3 rings (SSSR count). The summed E-state index contributed by atoms with van der Waals surface area (Å²) >= 11 is 1.08. The van der Waals surface area contributed by atoms with Crippen molar-refractivity contribution in [1.82, 2.24) is 10.2 Å². The number of nitro benzene ring substituents is 1. The van der Waals surface area contributed by atoms with Gasteiger partial charge in [0.2, 0.25) is 11.8 Å². The maximum atomic E-state index is 12.4. The van der Waals surface area contributed by atoms with E-state index in [9.17, 15) is 14.9 Å². The van der Waals surface area contributed by atoms with E-state index < -0.39 is 16.1 Å². The van der Waals surface area contributed by atoms with Crippen molar-refractivity contribution in [3.8, 4) is 11.5 Å². The van der Waals surface area contributed by atoms with Crippen LogP contribution in [0.25, 0.3) is 11.5 Å². The predicted molar refractivity (Wildman–Crippen MR) is 102 cm³/mol. The number of hydrogen-bond acceptors (Lipinski definition) is 7. The number of aromatic nitrogens is 2. The van der Waals surface area contributed by atoms with Crippen LogP contribution in [-0.4, -0.2) is 26.3 Å². The molecule has 0 aliphatic rings. The van der Waals surface area contributed by atoms with Gasteiger partial charge in [-0.25, -0.2) is 0 Å². The van der Waals surface area contributed by atoms with Crippen molar-refractivity contribution in [1.29, 1.82) is 0 Å². The molecule has 0 radical (unpaired) electrons. The lowest BCUT2D eigenvalue weighted by molar-refractivity contribution is -0.383. The Morgan fingerprint density at radius 1 is 1.19 bits per heavy atom. The molecule has 9 heteroatoms. The molecule has 0 saturated carbocycles. The van der Waals surface area contributed by atoms with Gasteiger partial charge >= 0.3 is 0 Å². The van der Waals surface area contributed by atoms with E-state index >= 15 is 0 Å². The molecule has 27 heavy (non-hydrogen) atoms. The van der Waals surface area contributed by atoms with Crippen molar-refractivity contribution >= 4 is 29.0 Å². The number of amides is 1. The topological polar surface area (TPSA) is 111 Å². The van der Waals surface area contributed by atoms with E-state index in [4.69, 9.17) is 4.42 Å². The van der Waals surface area contributed by atoms with Gasteiger partial charge < -0.3 is 9.73 Å². The van der Waals surface area contributed by atoms with E-state index in [2.05, 4.69) is 15.5 Å². The Balaban J connectivity index is 1.67. The molecule has 0 unspecified atom stereocenters. The minimum absolute atomic E-state index is 0.144. The normalized spacial score (nSPS) is 11.8. The molecule has 1 amide bonds. The SMILES string of the molecule is Cc1ccc(-c2nnc(S[C@H](C)C(=O)Nc3ccccc3[N+](=O)[O-])o2)cc1. The summed E-state index contributed by atoms with van der Waals surface area (Å²) in [5, 5.41) is 21.2. The molecule has 138 valence electrons. The Morgan fingerprint density at radius 3 is 2.59 bits per heavy atom. The number of benzene rings is 2. The molecule has 0 bridgehead atoms. The first-order chi connectivity index (χ1) is 12.9. The van der Waals surface area contributed by atoms with Gasteiger partial charge in [-0.15, -0.1) is 10.2 Å². The van der Waals surface area contributed by atoms with Gasteiger partial charge in [-0.05, 0) is 32.0 Å². The number of anilines is 1. The van der Waals surface area contributed by atoms with Gasteiger partial charge in [-0.2, -0.15) is 0 Å². The third kappa shape index (κ3) is 4.50. The first kappa shape index (κ1) is 18.6. The van der Waals surface area contributed by atoms with Crippen LogP contribution in [0.4, 0.5) is 11.4 Å². The summed E-state index contributed by atoms with van der Waals surface area (Å²) < 4.78 is 5.60. The number of aryl methyl sites for hydroxylation is 1. The maximum absolute atomic E-state index is 12.4. The lowest BCUT2D eigenvalue weighted by atomic mass is 10.1. The van der Waals surface area contributed by atoms with E-state index in [1.807, 2.05) is 31.2 Å². The summed E-state index contributed by atoms with van der Waals surface area (Å²) in [6, 6.07) is 13.6. The Hall–Kier alpha value is -3.20. The second kappa shape index (κ2) is 8.00. The summed E-state index contributed by atoms with van der Waals surface area (Å²) in [7, 11) is 0. The van der Waals surface area contributed by atoms with Gasteiger partial charge in [-0.3, -0.25) is 14.9 Å². The molecule has 0 saturated heterocycles. The van der Waals surface area contributed by atoms with Crippen molar-refractivity contribution in [2.75, 3.05) is 5.32 Å². The molecule has 2 aromatic carbocycles. The Labute approximate surface area is 159 Å². The van der Waals surface area contributed by atoms with Crippen molar-refractivity contribution in [2.24, 2.45) is 0 Å². The van der Waals surface area contributed by atoms with E-state index in [1.54, 1.807) is 13.0 Å². The molecule has 1 N–H and O–H groups in total. The maximum Gasteiger partial charge on any atom is 0.292 e. The highest BCUT2D eigenvalue weighted by Gasteiger charge is 2.22. The zero-order valence-corrected chi connectivity index (χ0v) is 15.4. The number of para-hydroxylation sites is 2. The summed E-state index contributed by atoms with van der Waals surface area (Å²) in [5.74, 6) is -0.0341. The zero-order chi connectivity index (χ0) is 19.4. The largest absolute Gasteiger partial charge is 0.411 e. The van der Waals surface area contributed by atoms with Gasteiger partial charge in [0.15, 0.2) is 0 Å². The minimum Gasteiger partial charge on any atom is -0.411 e. The second-order valence-electron chi connectivity index (χ2n) is 5.76. The fraction of sp³-hybridized carbons (Fsp3) is 0.167. The molecule has 0 fully saturated rings. The van der Waals surface area contributed by atoms with Crippen LogP contribution in [0.1, 0.15) is 12.5 Å². The number of hydrogen-bond donors (Lipinski definition) is 1. The average Bonchev–Trinajstić information content (AvgIpc) is 3.11. The van der Waals surface area contributed by atoms with Crippen LogP contribution in [0, 0.1) is 17.0 Å². The second-order valence-corrected chi connectivity index (χ2v) is 7.05. The van der Waals surface area contributed by atoms with Crippen LogP contribution in [0.3, 0.4) is 0 Å². The Kier molecular flexibility index (Phi) is 5.51. The molecule has 0 aliphatic heterocycles. The Bertz CT molecular complexity index is 972. The van der Waals surface area contributed by atoms with Crippen LogP contribution in [0.15, 0.2) is 58.2 Å². The number of carbonyl (C=O) groups excluding carboxylic acids is 1. The lowest BCUT2D eigenvalue weighted by Crippen LogP contribution is -2.22. The van der Waals surface area contributed by atoms with Gasteiger partial charge in [0.1, 0.15) is 5.69 Å². The van der Waals surface area contributed by atoms with E-state index in [0.29, 0.717) is 5.89 Å². The van der Waals surface area contributed by atoms with Crippen molar-refractivity contribution in [2.45, 2.75) is 24.3 Å². The van der Waals surface area contributed by atoms with Crippen LogP contribution in [-0.2, 0) is 4.79 Å². The van der Waals surface area contributed by atoms with Crippen molar-refractivity contribution in [3.63, 3.8) is 0 Å². The first-order valence-corrected chi connectivity index (χ1v) is 8.93. The highest BCUT2D eigenvalue weighted by molar-refractivity contribution is 8.00. The summed E-state index contributed by atoms with van der Waals surface area (Å²) in [4.78, 5) is 22.9. The average molecular weight is 384 g/mol. The van der Waals surface area contributed by atoms with Crippen LogP contribution < -0.4 is 5.32 Å². The van der Waals surface area contributed by atoms with Crippen LogP contribution in [0.2, 0.25) is 0 Å². The number of nitro groups is 1. The number of carbonyl (C=O) groups is 1. The fourth-order valence-corrected chi connectivity index (χ4v) is 2.93. The molecule has 1 aromatic heterocycles. The standard InChI is InChI=1S/C18H16N4O4S/c1-11-7-9-13(10-8-11)17-20-21-18(26-17)27-12(2)16(23)19-14-5-3-4-6-15(14)22(24)25/h3-10,12H,1-2H3,(H,19,23)/t12-/m1/s1. The van der Waals surface area contributed by atoms with Gasteiger partial charge in [0.25, 0.3) is 10.9 Å². The van der Waals surface area contributed by atoms with E-state index in [1.165, 1.54) is 18.2 Å². The van der Waals surface area contributed by atoms with Crippen molar-refractivity contribution in [3.05, 3.63) is 64.2 Å².